The Hall–Kier alpha value is -0.820. The van der Waals surface area contributed by atoms with Crippen LogP contribution in [0.2, 0.25) is 0 Å². The average Bonchev–Trinajstić information content (AvgIpc) is 2.57. The number of aliphatic hydroxyl groups excluding tert-OH is 1. The molecule has 0 atom stereocenters. The fourth-order valence-electron chi connectivity index (χ4n) is 2.61. The minimum atomic E-state index is 0.362. The van der Waals surface area contributed by atoms with E-state index < -0.39 is 0 Å². The van der Waals surface area contributed by atoms with Crippen molar-refractivity contribution in [1.29, 1.82) is 0 Å². The molecule has 0 amide bonds. The standard InChI is InChI=1S/C22H40O/c1-2-3-4-5-6-7-8-9-10-11-12-13-14-15-16-17-18-19-20-21-22-23/h3-4,6-7,9-10,23H,2,5,8,11-22H2,1H3/b4-3-,7-6-,10-9-. The Morgan fingerprint density at radius 3 is 1.48 bits per heavy atom. The lowest BCUT2D eigenvalue weighted by atomic mass is 10.1. The molecule has 23 heavy (non-hydrogen) atoms. The third kappa shape index (κ3) is 21.2. The zero-order valence-electron chi connectivity index (χ0n) is 15.5. The van der Waals surface area contributed by atoms with E-state index in [-0.39, 0.29) is 0 Å². The lowest BCUT2D eigenvalue weighted by Crippen LogP contribution is -1.84. The van der Waals surface area contributed by atoms with Crippen LogP contribution in [0.15, 0.2) is 36.5 Å². The summed E-state index contributed by atoms with van der Waals surface area (Å²) in [5.74, 6) is 0. The fourth-order valence-corrected chi connectivity index (χ4v) is 2.61. The van der Waals surface area contributed by atoms with Gasteiger partial charge in [-0.15, -0.1) is 0 Å². The molecule has 0 aliphatic carbocycles. The molecule has 0 rings (SSSR count). The normalized spacial score (nSPS) is 12.3. The Balaban J connectivity index is 3.14. The largest absolute Gasteiger partial charge is 0.396 e. The van der Waals surface area contributed by atoms with Gasteiger partial charge in [0.15, 0.2) is 0 Å². The first-order chi connectivity index (χ1) is 11.4. The maximum Gasteiger partial charge on any atom is 0.0431 e. The summed E-state index contributed by atoms with van der Waals surface area (Å²) in [5, 5.41) is 8.70. The van der Waals surface area contributed by atoms with Crippen LogP contribution in [0.3, 0.4) is 0 Å². The Morgan fingerprint density at radius 1 is 0.522 bits per heavy atom. The van der Waals surface area contributed by atoms with Crippen molar-refractivity contribution in [3.05, 3.63) is 36.5 Å². The molecule has 0 aliphatic rings. The van der Waals surface area contributed by atoms with Crippen molar-refractivity contribution in [3.63, 3.8) is 0 Å². The minimum absolute atomic E-state index is 0.362. The van der Waals surface area contributed by atoms with Crippen molar-refractivity contribution in [3.8, 4) is 0 Å². The van der Waals surface area contributed by atoms with Crippen LogP contribution in [0.5, 0.6) is 0 Å². The zero-order valence-corrected chi connectivity index (χ0v) is 15.5. The van der Waals surface area contributed by atoms with Gasteiger partial charge in [-0.1, -0.05) is 94.7 Å². The van der Waals surface area contributed by atoms with Crippen LogP contribution in [0.1, 0.15) is 96.8 Å². The lowest BCUT2D eigenvalue weighted by Gasteiger charge is -2.01. The number of allylic oxidation sites excluding steroid dienone is 6. The second-order valence-electron chi connectivity index (χ2n) is 6.34. The van der Waals surface area contributed by atoms with Crippen LogP contribution < -0.4 is 0 Å². The van der Waals surface area contributed by atoms with Gasteiger partial charge in [0.1, 0.15) is 0 Å². The molecule has 0 spiro atoms. The second-order valence-corrected chi connectivity index (χ2v) is 6.34. The van der Waals surface area contributed by atoms with Crippen molar-refractivity contribution < 1.29 is 5.11 Å². The van der Waals surface area contributed by atoms with E-state index >= 15 is 0 Å². The fraction of sp³-hybridized carbons (Fsp3) is 0.727. The van der Waals surface area contributed by atoms with Crippen LogP contribution in [-0.4, -0.2) is 11.7 Å². The minimum Gasteiger partial charge on any atom is -0.396 e. The molecule has 0 fully saturated rings. The van der Waals surface area contributed by atoms with E-state index in [2.05, 4.69) is 43.4 Å². The molecule has 0 aromatic heterocycles. The van der Waals surface area contributed by atoms with E-state index in [1.54, 1.807) is 0 Å². The van der Waals surface area contributed by atoms with Crippen molar-refractivity contribution in [2.45, 2.75) is 96.8 Å². The summed E-state index contributed by atoms with van der Waals surface area (Å²) in [6.45, 7) is 2.53. The molecule has 0 saturated heterocycles. The molecule has 0 aromatic carbocycles. The van der Waals surface area contributed by atoms with Crippen LogP contribution in [-0.2, 0) is 0 Å². The number of hydrogen-bond donors (Lipinski definition) is 1. The number of aliphatic hydroxyl groups is 1. The molecule has 0 aliphatic heterocycles. The Bertz CT molecular complexity index is 288. The average molecular weight is 321 g/mol. The highest BCUT2D eigenvalue weighted by molar-refractivity contribution is 4.96. The van der Waals surface area contributed by atoms with Gasteiger partial charge in [0.2, 0.25) is 0 Å². The summed E-state index contributed by atoms with van der Waals surface area (Å²) >= 11 is 0. The molecule has 0 unspecified atom stereocenters. The predicted molar refractivity (Wildman–Crippen MR) is 105 cm³/mol. The first-order valence-electron chi connectivity index (χ1n) is 9.97. The first-order valence-corrected chi connectivity index (χ1v) is 9.97. The quantitative estimate of drug-likeness (QED) is 0.223. The summed E-state index contributed by atoms with van der Waals surface area (Å²) in [4.78, 5) is 0. The van der Waals surface area contributed by atoms with Gasteiger partial charge in [-0.05, 0) is 38.5 Å². The van der Waals surface area contributed by atoms with Gasteiger partial charge >= 0.3 is 0 Å². The zero-order chi connectivity index (χ0) is 16.8. The number of rotatable bonds is 17. The molecule has 1 heteroatoms. The van der Waals surface area contributed by atoms with Gasteiger partial charge in [-0.2, -0.15) is 0 Å². The van der Waals surface area contributed by atoms with E-state index in [1.807, 2.05) is 0 Å². The van der Waals surface area contributed by atoms with Crippen LogP contribution in [0.4, 0.5) is 0 Å². The summed E-state index contributed by atoms with van der Waals surface area (Å²) in [6, 6.07) is 0. The molecular formula is C22H40O. The highest BCUT2D eigenvalue weighted by Crippen LogP contribution is 2.11. The molecular weight excluding hydrogens is 280 g/mol. The Labute approximate surface area is 145 Å². The summed E-state index contributed by atoms with van der Waals surface area (Å²) < 4.78 is 0. The van der Waals surface area contributed by atoms with E-state index in [4.69, 9.17) is 5.11 Å². The van der Waals surface area contributed by atoms with E-state index in [1.165, 1.54) is 64.2 Å². The predicted octanol–water partition coefficient (Wildman–Crippen LogP) is 7.13. The summed E-state index contributed by atoms with van der Waals surface area (Å²) in [7, 11) is 0. The van der Waals surface area contributed by atoms with Crippen molar-refractivity contribution in [2.24, 2.45) is 0 Å². The third-order valence-corrected chi connectivity index (χ3v) is 4.06. The molecule has 1 N–H and O–H groups in total. The molecule has 0 aromatic rings. The topological polar surface area (TPSA) is 20.2 Å². The Morgan fingerprint density at radius 2 is 0.957 bits per heavy atom. The smallest absolute Gasteiger partial charge is 0.0431 e. The van der Waals surface area contributed by atoms with Gasteiger partial charge in [0, 0.05) is 6.61 Å². The highest BCUT2D eigenvalue weighted by atomic mass is 16.2. The maximum atomic E-state index is 8.70. The first kappa shape index (κ1) is 22.2. The second kappa shape index (κ2) is 21.2. The molecule has 0 saturated carbocycles. The van der Waals surface area contributed by atoms with Crippen LogP contribution in [0.25, 0.3) is 0 Å². The SMILES string of the molecule is CC/C=C\C/C=C\C/C=C\CCCCCCCCCCCCO. The number of hydrogen-bond acceptors (Lipinski definition) is 1. The monoisotopic (exact) mass is 320 g/mol. The lowest BCUT2D eigenvalue weighted by molar-refractivity contribution is 0.282. The van der Waals surface area contributed by atoms with Gasteiger partial charge in [0.05, 0.1) is 0 Å². The van der Waals surface area contributed by atoms with Crippen molar-refractivity contribution >= 4 is 0 Å². The highest BCUT2D eigenvalue weighted by Gasteiger charge is 1.92. The summed E-state index contributed by atoms with van der Waals surface area (Å²) in [5.41, 5.74) is 0. The molecule has 134 valence electrons. The van der Waals surface area contributed by atoms with E-state index in [0.717, 1.165) is 25.7 Å². The third-order valence-electron chi connectivity index (χ3n) is 4.06. The van der Waals surface area contributed by atoms with Gasteiger partial charge < -0.3 is 5.11 Å². The molecule has 1 nitrogen and oxygen atoms in total. The van der Waals surface area contributed by atoms with E-state index in [0.29, 0.717) is 6.61 Å². The van der Waals surface area contributed by atoms with Gasteiger partial charge in [0.25, 0.3) is 0 Å². The van der Waals surface area contributed by atoms with Crippen LogP contribution in [0, 0.1) is 0 Å². The molecule has 0 heterocycles. The summed E-state index contributed by atoms with van der Waals surface area (Å²) in [6.07, 6.45) is 31.3. The molecule has 0 radical (unpaired) electrons. The maximum absolute atomic E-state index is 8.70. The number of unbranched alkanes of at least 4 members (excludes halogenated alkanes) is 10. The van der Waals surface area contributed by atoms with Crippen molar-refractivity contribution in [2.75, 3.05) is 6.61 Å². The van der Waals surface area contributed by atoms with Crippen molar-refractivity contribution in [1.82, 2.24) is 0 Å². The van der Waals surface area contributed by atoms with Crippen LogP contribution >= 0.6 is 0 Å². The van der Waals surface area contributed by atoms with Gasteiger partial charge in [-0.3, -0.25) is 0 Å². The van der Waals surface area contributed by atoms with Gasteiger partial charge in [-0.25, -0.2) is 0 Å². The van der Waals surface area contributed by atoms with E-state index in [9.17, 15) is 0 Å². The molecule has 0 bridgehead atoms. The Kier molecular flexibility index (Phi) is 20.4.